The Hall–Kier alpha value is -1.16. The van der Waals surface area contributed by atoms with Crippen LogP contribution in [0.2, 0.25) is 0 Å². The van der Waals surface area contributed by atoms with Gasteiger partial charge in [-0.15, -0.1) is 0 Å². The summed E-state index contributed by atoms with van der Waals surface area (Å²) in [5.74, 6) is 1.29. The van der Waals surface area contributed by atoms with Crippen LogP contribution < -0.4 is 0 Å². The summed E-state index contributed by atoms with van der Waals surface area (Å²) in [6.07, 6.45) is 13.4. The molecule has 0 saturated carbocycles. The molecule has 3 heteroatoms. The number of rotatable bonds is 10. The smallest absolute Gasteiger partial charge is 0.0790 e. The Balaban J connectivity index is 1.46. The third kappa shape index (κ3) is 4.93. The van der Waals surface area contributed by atoms with Gasteiger partial charge in [0.25, 0.3) is 0 Å². The molecule has 3 nitrogen and oxygen atoms in total. The standard InChI is InChI=1S/C22H32O3/c23-16-8-3-1-2-7-11-18-19(22-15-14-21(18)25-22)12-13-20(24)17-9-5-4-6-10-17/h3-6,8-10,18-24H,1-2,7,11-16H2/t18-,19+,20?,21-,22+/m1/s1. The van der Waals surface area contributed by atoms with Crippen molar-refractivity contribution < 1.29 is 14.9 Å². The minimum Gasteiger partial charge on any atom is -0.392 e. The zero-order valence-electron chi connectivity index (χ0n) is 15.1. The molecule has 3 rings (SSSR count). The first-order valence-corrected chi connectivity index (χ1v) is 9.94. The first-order chi connectivity index (χ1) is 12.3. The van der Waals surface area contributed by atoms with Crippen LogP contribution in [0, 0.1) is 11.8 Å². The molecule has 5 atom stereocenters. The average Bonchev–Trinajstić information content (AvgIpc) is 3.25. The maximum absolute atomic E-state index is 10.5. The molecule has 0 aromatic heterocycles. The largest absolute Gasteiger partial charge is 0.392 e. The second-order valence-corrected chi connectivity index (χ2v) is 7.56. The third-order valence-electron chi connectivity index (χ3n) is 5.98. The number of benzene rings is 1. The number of hydrogen-bond acceptors (Lipinski definition) is 3. The molecule has 1 aromatic carbocycles. The second-order valence-electron chi connectivity index (χ2n) is 7.56. The van der Waals surface area contributed by atoms with Crippen molar-refractivity contribution in [3.63, 3.8) is 0 Å². The van der Waals surface area contributed by atoms with Crippen molar-refractivity contribution in [3.8, 4) is 0 Å². The van der Waals surface area contributed by atoms with E-state index in [1.54, 1.807) is 0 Å². The topological polar surface area (TPSA) is 49.7 Å². The predicted octanol–water partition coefficient (Wildman–Crippen LogP) is 4.40. The van der Waals surface area contributed by atoms with Crippen LogP contribution in [0.5, 0.6) is 0 Å². The third-order valence-corrected chi connectivity index (χ3v) is 5.98. The molecule has 0 aliphatic carbocycles. The van der Waals surface area contributed by atoms with Crippen molar-refractivity contribution in [1.29, 1.82) is 0 Å². The fraction of sp³-hybridized carbons (Fsp3) is 0.636. The molecule has 25 heavy (non-hydrogen) atoms. The molecule has 138 valence electrons. The molecule has 2 heterocycles. The van der Waals surface area contributed by atoms with Gasteiger partial charge in [0.15, 0.2) is 0 Å². The zero-order chi connectivity index (χ0) is 17.5. The maximum Gasteiger partial charge on any atom is 0.0790 e. The lowest BCUT2D eigenvalue weighted by atomic mass is 9.74. The summed E-state index contributed by atoms with van der Waals surface area (Å²) in [4.78, 5) is 0. The van der Waals surface area contributed by atoms with Crippen LogP contribution in [-0.4, -0.2) is 29.0 Å². The Bertz CT molecular complexity index is 527. The predicted molar refractivity (Wildman–Crippen MR) is 100 cm³/mol. The van der Waals surface area contributed by atoms with E-state index >= 15 is 0 Å². The van der Waals surface area contributed by atoms with Gasteiger partial charge in [-0.3, -0.25) is 0 Å². The highest BCUT2D eigenvalue weighted by Crippen LogP contribution is 2.48. The van der Waals surface area contributed by atoms with Crippen molar-refractivity contribution in [2.24, 2.45) is 11.8 Å². The Kier molecular flexibility index (Phi) is 7.09. The number of aliphatic hydroxyl groups is 2. The summed E-state index contributed by atoms with van der Waals surface area (Å²) in [6.45, 7) is 0.145. The molecule has 0 radical (unpaired) electrons. The van der Waals surface area contributed by atoms with E-state index in [0.29, 0.717) is 24.0 Å². The van der Waals surface area contributed by atoms with Gasteiger partial charge in [0.1, 0.15) is 0 Å². The number of aliphatic hydroxyl groups excluding tert-OH is 2. The van der Waals surface area contributed by atoms with Crippen molar-refractivity contribution >= 4 is 0 Å². The van der Waals surface area contributed by atoms with Crippen LogP contribution in [0.3, 0.4) is 0 Å². The highest BCUT2D eigenvalue weighted by Gasteiger charge is 2.47. The maximum atomic E-state index is 10.5. The molecule has 2 bridgehead atoms. The van der Waals surface area contributed by atoms with E-state index in [0.717, 1.165) is 24.8 Å². The van der Waals surface area contributed by atoms with Gasteiger partial charge in [-0.25, -0.2) is 0 Å². The van der Waals surface area contributed by atoms with E-state index < -0.39 is 0 Å². The van der Waals surface area contributed by atoms with Gasteiger partial charge < -0.3 is 14.9 Å². The van der Waals surface area contributed by atoms with Crippen molar-refractivity contribution in [2.75, 3.05) is 6.61 Å². The highest BCUT2D eigenvalue weighted by molar-refractivity contribution is 5.17. The van der Waals surface area contributed by atoms with Crippen molar-refractivity contribution in [2.45, 2.75) is 69.7 Å². The van der Waals surface area contributed by atoms with Gasteiger partial charge in [-0.05, 0) is 62.3 Å². The normalized spacial score (nSPS) is 29.5. The second kappa shape index (κ2) is 9.51. The van der Waals surface area contributed by atoms with Crippen LogP contribution in [0.25, 0.3) is 0 Å². The van der Waals surface area contributed by atoms with Gasteiger partial charge >= 0.3 is 0 Å². The number of fused-ring (bicyclic) bond motifs is 2. The highest BCUT2D eigenvalue weighted by atomic mass is 16.5. The fourth-order valence-electron chi connectivity index (χ4n) is 4.70. The number of allylic oxidation sites excluding steroid dienone is 1. The monoisotopic (exact) mass is 344 g/mol. The van der Waals surface area contributed by atoms with E-state index in [2.05, 4.69) is 6.08 Å². The van der Waals surface area contributed by atoms with E-state index in [1.807, 2.05) is 36.4 Å². The first kappa shape index (κ1) is 18.6. The van der Waals surface area contributed by atoms with E-state index in [-0.39, 0.29) is 12.7 Å². The zero-order valence-corrected chi connectivity index (χ0v) is 15.1. The molecule has 2 aliphatic rings. The molecule has 1 aromatic rings. The quantitative estimate of drug-likeness (QED) is 0.488. The van der Waals surface area contributed by atoms with E-state index in [4.69, 9.17) is 9.84 Å². The average molecular weight is 344 g/mol. The lowest BCUT2D eigenvalue weighted by Gasteiger charge is -2.28. The minimum atomic E-state index is -0.357. The first-order valence-electron chi connectivity index (χ1n) is 9.94. The molecule has 0 amide bonds. The lowest BCUT2D eigenvalue weighted by molar-refractivity contribution is 0.0830. The van der Waals surface area contributed by atoms with E-state index in [9.17, 15) is 5.11 Å². The molecule has 2 fully saturated rings. The van der Waals surface area contributed by atoms with Crippen LogP contribution in [0.4, 0.5) is 0 Å². The minimum absolute atomic E-state index is 0.145. The molecule has 2 aliphatic heterocycles. The Morgan fingerprint density at radius 1 is 1.00 bits per heavy atom. The van der Waals surface area contributed by atoms with Gasteiger partial charge in [-0.2, -0.15) is 0 Å². The number of unbranched alkanes of at least 4 members (excludes halogenated alkanes) is 2. The Morgan fingerprint density at radius 2 is 1.72 bits per heavy atom. The lowest BCUT2D eigenvalue weighted by Crippen LogP contribution is -2.27. The van der Waals surface area contributed by atoms with Crippen LogP contribution in [-0.2, 0) is 4.74 Å². The van der Waals surface area contributed by atoms with Gasteiger partial charge in [0.2, 0.25) is 0 Å². The summed E-state index contributed by atoms with van der Waals surface area (Å²) in [5.41, 5.74) is 1.03. The Labute approximate surface area is 151 Å². The SMILES string of the molecule is OCC=CCCCC[C@@H]1[C@H](CCC(O)c2ccccc2)[C@@H]2CC[C@H]1O2. The van der Waals surface area contributed by atoms with Gasteiger partial charge in [0, 0.05) is 0 Å². The van der Waals surface area contributed by atoms with Gasteiger partial charge in [0.05, 0.1) is 24.9 Å². The number of ether oxygens (including phenoxy) is 1. The number of hydrogen-bond donors (Lipinski definition) is 2. The van der Waals surface area contributed by atoms with Crippen LogP contribution in [0.1, 0.15) is 63.0 Å². The van der Waals surface area contributed by atoms with Crippen molar-refractivity contribution in [3.05, 3.63) is 48.0 Å². The molecule has 2 saturated heterocycles. The summed E-state index contributed by atoms with van der Waals surface area (Å²) >= 11 is 0. The fourth-order valence-corrected chi connectivity index (χ4v) is 4.70. The van der Waals surface area contributed by atoms with Crippen LogP contribution >= 0.6 is 0 Å². The molecular weight excluding hydrogens is 312 g/mol. The summed E-state index contributed by atoms with van der Waals surface area (Å²) in [5, 5.41) is 19.2. The summed E-state index contributed by atoms with van der Waals surface area (Å²) < 4.78 is 6.20. The summed E-state index contributed by atoms with van der Waals surface area (Å²) in [6, 6.07) is 10.0. The van der Waals surface area contributed by atoms with E-state index in [1.165, 1.54) is 32.1 Å². The van der Waals surface area contributed by atoms with Crippen molar-refractivity contribution in [1.82, 2.24) is 0 Å². The van der Waals surface area contributed by atoms with Crippen LogP contribution in [0.15, 0.2) is 42.5 Å². The summed E-state index contributed by atoms with van der Waals surface area (Å²) in [7, 11) is 0. The Morgan fingerprint density at radius 3 is 2.44 bits per heavy atom. The molecule has 1 unspecified atom stereocenters. The molecule has 2 N–H and O–H groups in total. The molecular formula is C22H32O3. The van der Waals surface area contributed by atoms with Gasteiger partial charge in [-0.1, -0.05) is 48.9 Å². The molecule has 0 spiro atoms.